The number of amides is 2. The fraction of sp³-hybridized carbons (Fsp3) is 0.562. The van der Waals surface area contributed by atoms with Gasteiger partial charge in [-0.1, -0.05) is 30.3 Å². The molecule has 2 saturated heterocycles. The third-order valence-electron chi connectivity index (χ3n) is 4.30. The minimum Gasteiger partial charge on any atom is -0.381 e. The molecule has 2 aliphatic rings. The fourth-order valence-electron chi connectivity index (χ4n) is 3.05. The lowest BCUT2D eigenvalue weighted by Crippen LogP contribution is -2.45. The first-order chi connectivity index (χ1) is 9.83. The zero-order valence-electron chi connectivity index (χ0n) is 11.8. The van der Waals surface area contributed by atoms with E-state index in [0.717, 1.165) is 45.6 Å². The molecule has 20 heavy (non-hydrogen) atoms. The molecule has 2 aliphatic heterocycles. The molecule has 0 bridgehead atoms. The first-order valence-corrected chi connectivity index (χ1v) is 7.51. The minimum absolute atomic E-state index is 0.0929. The number of nitrogens with zero attached hydrogens (tertiary/aromatic N) is 1. The zero-order chi connectivity index (χ0) is 13.8. The lowest BCUT2D eigenvalue weighted by molar-refractivity contribution is 0.0785. The molecule has 0 aromatic heterocycles. The average molecular weight is 274 g/mol. The Kier molecular flexibility index (Phi) is 4.21. The molecular weight excluding hydrogens is 252 g/mol. The summed E-state index contributed by atoms with van der Waals surface area (Å²) in [6, 6.07) is 10.9. The molecule has 1 unspecified atom stereocenters. The van der Waals surface area contributed by atoms with E-state index in [2.05, 4.69) is 29.6 Å². The second-order valence-electron chi connectivity index (χ2n) is 5.68. The van der Waals surface area contributed by atoms with E-state index in [-0.39, 0.29) is 12.1 Å². The van der Waals surface area contributed by atoms with Crippen LogP contribution in [0.15, 0.2) is 30.3 Å². The van der Waals surface area contributed by atoms with Crippen molar-refractivity contribution in [2.75, 3.05) is 26.3 Å². The van der Waals surface area contributed by atoms with Crippen molar-refractivity contribution in [1.82, 2.24) is 10.2 Å². The number of hydrogen-bond donors (Lipinski definition) is 1. The maximum atomic E-state index is 12.3. The zero-order valence-corrected chi connectivity index (χ0v) is 11.8. The summed E-state index contributed by atoms with van der Waals surface area (Å²) < 4.78 is 5.32. The fourth-order valence-corrected chi connectivity index (χ4v) is 3.05. The highest BCUT2D eigenvalue weighted by molar-refractivity contribution is 5.75. The van der Waals surface area contributed by atoms with E-state index in [4.69, 9.17) is 4.74 Å². The van der Waals surface area contributed by atoms with Crippen LogP contribution in [-0.4, -0.2) is 43.3 Å². The molecule has 0 radical (unpaired) electrons. The standard InChI is InChI=1S/C16H22N2O2/c19-16(17-15-7-10-20-11-8-15)18-9-6-14(12-18)13-4-2-1-3-5-13/h1-5,14-15H,6-12H2,(H,17,19). The highest BCUT2D eigenvalue weighted by Crippen LogP contribution is 2.26. The number of likely N-dealkylation sites (tertiary alicyclic amines) is 1. The van der Waals surface area contributed by atoms with Crippen molar-refractivity contribution in [1.29, 1.82) is 0 Å². The van der Waals surface area contributed by atoms with Gasteiger partial charge in [0.1, 0.15) is 0 Å². The summed E-state index contributed by atoms with van der Waals surface area (Å²) in [5.74, 6) is 0.483. The molecule has 4 nitrogen and oxygen atoms in total. The van der Waals surface area contributed by atoms with Gasteiger partial charge in [0.15, 0.2) is 0 Å². The predicted molar refractivity (Wildman–Crippen MR) is 77.7 cm³/mol. The Bertz CT molecular complexity index is 443. The van der Waals surface area contributed by atoms with Crippen molar-refractivity contribution in [3.63, 3.8) is 0 Å². The van der Waals surface area contributed by atoms with Gasteiger partial charge < -0.3 is 15.0 Å². The summed E-state index contributed by atoms with van der Waals surface area (Å²) in [5, 5.41) is 3.14. The van der Waals surface area contributed by atoms with Gasteiger partial charge in [0, 0.05) is 38.3 Å². The topological polar surface area (TPSA) is 41.6 Å². The monoisotopic (exact) mass is 274 g/mol. The van der Waals surface area contributed by atoms with E-state index in [1.165, 1.54) is 5.56 Å². The SMILES string of the molecule is O=C(NC1CCOCC1)N1CCC(c2ccccc2)C1. The molecule has 1 aromatic carbocycles. The first kappa shape index (κ1) is 13.4. The number of benzene rings is 1. The van der Waals surface area contributed by atoms with Gasteiger partial charge in [-0.15, -0.1) is 0 Å². The van der Waals surface area contributed by atoms with Crippen LogP contribution in [0.5, 0.6) is 0 Å². The van der Waals surface area contributed by atoms with Crippen molar-refractivity contribution >= 4 is 6.03 Å². The van der Waals surface area contributed by atoms with Gasteiger partial charge in [-0.05, 0) is 24.8 Å². The Balaban J connectivity index is 1.53. The van der Waals surface area contributed by atoms with Crippen molar-refractivity contribution in [3.05, 3.63) is 35.9 Å². The second-order valence-corrected chi connectivity index (χ2v) is 5.68. The third kappa shape index (κ3) is 3.12. The van der Waals surface area contributed by atoms with Crippen LogP contribution in [0.3, 0.4) is 0 Å². The molecule has 2 fully saturated rings. The van der Waals surface area contributed by atoms with E-state index in [1.54, 1.807) is 0 Å². The number of urea groups is 1. The average Bonchev–Trinajstić information content (AvgIpc) is 2.99. The van der Waals surface area contributed by atoms with E-state index in [1.807, 2.05) is 11.0 Å². The van der Waals surface area contributed by atoms with Gasteiger partial charge in [0.2, 0.25) is 0 Å². The van der Waals surface area contributed by atoms with Crippen LogP contribution in [0.25, 0.3) is 0 Å². The minimum atomic E-state index is 0.0929. The quantitative estimate of drug-likeness (QED) is 0.899. The highest BCUT2D eigenvalue weighted by atomic mass is 16.5. The molecule has 108 valence electrons. The number of hydrogen-bond acceptors (Lipinski definition) is 2. The largest absolute Gasteiger partial charge is 0.381 e. The summed E-state index contributed by atoms with van der Waals surface area (Å²) in [6.07, 6.45) is 2.93. The molecule has 0 aliphatic carbocycles. The molecule has 1 atom stereocenters. The van der Waals surface area contributed by atoms with Crippen molar-refractivity contribution < 1.29 is 9.53 Å². The van der Waals surface area contributed by atoms with Crippen molar-refractivity contribution in [2.45, 2.75) is 31.2 Å². The summed E-state index contributed by atoms with van der Waals surface area (Å²) in [5.41, 5.74) is 1.34. The van der Waals surface area contributed by atoms with E-state index >= 15 is 0 Å². The Morgan fingerprint density at radius 3 is 2.65 bits per heavy atom. The lowest BCUT2D eigenvalue weighted by atomic mass is 9.99. The molecule has 3 rings (SSSR count). The Morgan fingerprint density at radius 1 is 1.15 bits per heavy atom. The Hall–Kier alpha value is -1.55. The van der Waals surface area contributed by atoms with Gasteiger partial charge in [-0.2, -0.15) is 0 Å². The highest BCUT2D eigenvalue weighted by Gasteiger charge is 2.28. The smallest absolute Gasteiger partial charge is 0.317 e. The maximum absolute atomic E-state index is 12.3. The molecule has 1 N–H and O–H groups in total. The number of rotatable bonds is 2. The molecule has 1 aromatic rings. The van der Waals surface area contributed by atoms with E-state index < -0.39 is 0 Å². The Morgan fingerprint density at radius 2 is 1.90 bits per heavy atom. The molecule has 0 spiro atoms. The summed E-state index contributed by atoms with van der Waals surface area (Å²) in [4.78, 5) is 14.2. The van der Waals surface area contributed by atoms with Crippen LogP contribution in [-0.2, 0) is 4.74 Å². The van der Waals surface area contributed by atoms with Gasteiger partial charge in [0.05, 0.1) is 0 Å². The second kappa shape index (κ2) is 6.27. The number of ether oxygens (including phenoxy) is 1. The molecule has 2 amide bonds. The van der Waals surface area contributed by atoms with Gasteiger partial charge in [0.25, 0.3) is 0 Å². The summed E-state index contributed by atoms with van der Waals surface area (Å²) >= 11 is 0. The predicted octanol–water partition coefficient (Wildman–Crippen LogP) is 2.36. The molecule has 0 saturated carbocycles. The number of carbonyl (C=O) groups is 1. The first-order valence-electron chi connectivity index (χ1n) is 7.51. The lowest BCUT2D eigenvalue weighted by Gasteiger charge is -2.26. The van der Waals surface area contributed by atoms with Crippen LogP contribution in [0.1, 0.15) is 30.7 Å². The summed E-state index contributed by atoms with van der Waals surface area (Å²) in [7, 11) is 0. The maximum Gasteiger partial charge on any atom is 0.317 e. The van der Waals surface area contributed by atoms with Crippen LogP contribution in [0.2, 0.25) is 0 Å². The van der Waals surface area contributed by atoms with Crippen molar-refractivity contribution in [3.8, 4) is 0 Å². The number of carbonyl (C=O) groups excluding carboxylic acids is 1. The van der Waals surface area contributed by atoms with Gasteiger partial charge >= 0.3 is 6.03 Å². The number of nitrogens with one attached hydrogen (secondary N) is 1. The van der Waals surface area contributed by atoms with E-state index in [9.17, 15) is 4.79 Å². The molecule has 2 heterocycles. The normalized spacial score (nSPS) is 23.8. The Labute approximate surface area is 120 Å². The summed E-state index contributed by atoms with van der Waals surface area (Å²) in [6.45, 7) is 3.21. The van der Waals surface area contributed by atoms with Crippen LogP contribution >= 0.6 is 0 Å². The van der Waals surface area contributed by atoms with E-state index in [0.29, 0.717) is 5.92 Å². The van der Waals surface area contributed by atoms with Crippen LogP contribution in [0, 0.1) is 0 Å². The van der Waals surface area contributed by atoms with Gasteiger partial charge in [-0.25, -0.2) is 4.79 Å². The van der Waals surface area contributed by atoms with Gasteiger partial charge in [-0.3, -0.25) is 0 Å². The van der Waals surface area contributed by atoms with Crippen molar-refractivity contribution in [2.24, 2.45) is 0 Å². The third-order valence-corrected chi connectivity index (χ3v) is 4.30. The van der Waals surface area contributed by atoms with Crippen LogP contribution < -0.4 is 5.32 Å². The molecule has 4 heteroatoms. The van der Waals surface area contributed by atoms with Crippen LogP contribution in [0.4, 0.5) is 4.79 Å². The molecular formula is C16H22N2O2.